The maximum absolute atomic E-state index is 14.7. The summed E-state index contributed by atoms with van der Waals surface area (Å²) in [6.07, 6.45) is -1.20. The summed E-state index contributed by atoms with van der Waals surface area (Å²) in [6, 6.07) is 3.21. The van der Waals surface area contributed by atoms with Crippen LogP contribution in [0, 0.1) is 6.92 Å². The van der Waals surface area contributed by atoms with Crippen molar-refractivity contribution in [1.82, 2.24) is 19.5 Å². The third kappa shape index (κ3) is 6.16. The third-order valence-corrected chi connectivity index (χ3v) is 5.99. The van der Waals surface area contributed by atoms with Crippen molar-refractivity contribution in [3.8, 4) is 0 Å². The molecule has 1 fully saturated rings. The lowest BCUT2D eigenvalue weighted by atomic mass is 10.0. The van der Waals surface area contributed by atoms with Crippen LogP contribution in [0.15, 0.2) is 36.7 Å². The van der Waals surface area contributed by atoms with Crippen LogP contribution in [0.25, 0.3) is 11.0 Å². The van der Waals surface area contributed by atoms with E-state index < -0.39 is 24.0 Å². The Bertz CT molecular complexity index is 1290. The number of piperidine rings is 1. The van der Waals surface area contributed by atoms with Gasteiger partial charge in [-0.25, -0.2) is 19.3 Å². The number of nitrogens with one attached hydrogen (secondary N) is 2. The van der Waals surface area contributed by atoms with Crippen LogP contribution in [0.4, 0.5) is 35.1 Å². The zero-order valence-corrected chi connectivity index (χ0v) is 20.5. The van der Waals surface area contributed by atoms with Crippen molar-refractivity contribution in [1.29, 1.82) is 0 Å². The molecule has 1 aliphatic rings. The molecule has 1 aromatic carbocycles. The van der Waals surface area contributed by atoms with Gasteiger partial charge in [-0.2, -0.15) is 13.2 Å². The first-order valence-corrected chi connectivity index (χ1v) is 11.5. The summed E-state index contributed by atoms with van der Waals surface area (Å²) in [6.45, 7) is 2.63. The Morgan fingerprint density at radius 2 is 1.97 bits per heavy atom. The first-order valence-electron chi connectivity index (χ1n) is 11.5. The average Bonchev–Trinajstić information content (AvgIpc) is 3.14. The molecule has 2 aromatic heterocycles. The second-order valence-electron chi connectivity index (χ2n) is 8.85. The van der Waals surface area contributed by atoms with E-state index in [9.17, 15) is 22.4 Å². The fraction of sp³-hybridized carbons (Fsp3) is 0.417. The molecular formula is C24H27F4N7O2. The summed E-state index contributed by atoms with van der Waals surface area (Å²) in [5.41, 5.74) is 1.90. The number of fused-ring (bicyclic) bond motifs is 1. The highest BCUT2D eigenvalue weighted by atomic mass is 19.4. The van der Waals surface area contributed by atoms with Crippen molar-refractivity contribution < 1.29 is 27.1 Å². The van der Waals surface area contributed by atoms with Gasteiger partial charge in [0.2, 0.25) is 17.8 Å². The molecule has 198 valence electrons. The van der Waals surface area contributed by atoms with Crippen LogP contribution < -0.4 is 15.5 Å². The number of aryl methyl sites for hydroxylation is 2. The Balaban J connectivity index is 1.52. The highest BCUT2D eigenvalue weighted by Gasteiger charge is 2.33. The minimum atomic E-state index is -4.54. The van der Waals surface area contributed by atoms with Gasteiger partial charge in [0.25, 0.3) is 0 Å². The molecule has 9 nitrogen and oxygen atoms in total. The second-order valence-corrected chi connectivity index (χ2v) is 8.85. The van der Waals surface area contributed by atoms with Crippen molar-refractivity contribution in [3.05, 3.63) is 47.8 Å². The van der Waals surface area contributed by atoms with E-state index in [2.05, 4.69) is 25.6 Å². The molecule has 2 atom stereocenters. The maximum Gasteiger partial charge on any atom is 0.419 e. The van der Waals surface area contributed by atoms with Gasteiger partial charge in [-0.05, 0) is 24.6 Å². The van der Waals surface area contributed by atoms with Gasteiger partial charge in [0.1, 0.15) is 6.17 Å². The highest BCUT2D eigenvalue weighted by molar-refractivity contribution is 6.01. The Labute approximate surface area is 210 Å². The Hall–Kier alpha value is -3.74. The molecule has 0 bridgehead atoms. The van der Waals surface area contributed by atoms with Crippen molar-refractivity contribution in [2.45, 2.75) is 31.7 Å². The van der Waals surface area contributed by atoms with Crippen LogP contribution in [0.3, 0.4) is 0 Å². The maximum atomic E-state index is 14.7. The van der Waals surface area contributed by atoms with Crippen LogP contribution >= 0.6 is 0 Å². The Morgan fingerprint density at radius 3 is 2.65 bits per heavy atom. The number of carbonyl (C=O) groups excluding carboxylic acids is 1. The quantitative estimate of drug-likeness (QED) is 0.360. The molecule has 1 saturated heterocycles. The summed E-state index contributed by atoms with van der Waals surface area (Å²) in [7, 11) is 3.35. The third-order valence-electron chi connectivity index (χ3n) is 5.99. The molecule has 1 amide bonds. The van der Waals surface area contributed by atoms with Crippen LogP contribution in [-0.2, 0) is 22.8 Å². The number of halogens is 4. The number of ether oxygens (including phenoxy) is 1. The van der Waals surface area contributed by atoms with E-state index in [4.69, 9.17) is 4.74 Å². The van der Waals surface area contributed by atoms with Crippen LogP contribution in [0.2, 0.25) is 0 Å². The van der Waals surface area contributed by atoms with Crippen molar-refractivity contribution in [2.75, 3.05) is 42.3 Å². The van der Waals surface area contributed by atoms with E-state index in [0.29, 0.717) is 42.7 Å². The van der Waals surface area contributed by atoms with Crippen LogP contribution in [0.1, 0.15) is 17.5 Å². The lowest BCUT2D eigenvalue weighted by Gasteiger charge is -2.35. The first-order chi connectivity index (χ1) is 17.5. The molecule has 4 rings (SSSR count). The van der Waals surface area contributed by atoms with Gasteiger partial charge in [0.05, 0.1) is 29.7 Å². The molecule has 0 saturated carbocycles. The van der Waals surface area contributed by atoms with Gasteiger partial charge >= 0.3 is 6.18 Å². The van der Waals surface area contributed by atoms with Gasteiger partial charge < -0.3 is 24.8 Å². The monoisotopic (exact) mass is 521 g/mol. The smallest absolute Gasteiger partial charge is 0.381 e. The van der Waals surface area contributed by atoms with Crippen LogP contribution in [-0.4, -0.2) is 64.4 Å². The molecular weight excluding hydrogens is 494 g/mol. The minimum Gasteiger partial charge on any atom is -0.381 e. The molecule has 0 radical (unpaired) electrons. The average molecular weight is 522 g/mol. The van der Waals surface area contributed by atoms with E-state index in [1.807, 2.05) is 24.6 Å². The van der Waals surface area contributed by atoms with Gasteiger partial charge in [-0.3, -0.25) is 4.79 Å². The van der Waals surface area contributed by atoms with E-state index in [-0.39, 0.29) is 24.8 Å². The minimum absolute atomic E-state index is 0.00684. The fourth-order valence-corrected chi connectivity index (χ4v) is 4.21. The number of amides is 1. The normalized spacial score (nSPS) is 18.5. The number of nitrogens with zero attached hydrogens (tertiary/aromatic N) is 5. The van der Waals surface area contributed by atoms with Gasteiger partial charge in [0.15, 0.2) is 0 Å². The Kier molecular flexibility index (Phi) is 7.62. The summed E-state index contributed by atoms with van der Waals surface area (Å²) in [4.78, 5) is 26.1. The molecule has 3 heterocycles. The Morgan fingerprint density at radius 1 is 1.24 bits per heavy atom. The summed E-state index contributed by atoms with van der Waals surface area (Å²) in [5.74, 6) is 0.222. The van der Waals surface area contributed by atoms with Crippen molar-refractivity contribution in [3.63, 3.8) is 0 Å². The molecule has 0 aliphatic carbocycles. The van der Waals surface area contributed by atoms with Gasteiger partial charge in [0, 0.05) is 57.3 Å². The number of anilines is 3. The molecule has 3 aromatic rings. The zero-order valence-electron chi connectivity index (χ0n) is 20.5. The standard InChI is InChI=1S/C24H27F4N7O2/c1-14-7-20-19(9-18(14)32-21(36)5-4-6-37-3)33-23(34(20)2)35-12-16(25)8-17(13-35)31-22-29-10-15(11-30-22)24(26,27)28/h4-5,7,9-11,16-17H,6,8,12-13H2,1-3H3,(H,32,36)(H,29,30,31)/b5-4+/t16-,17-/m1/s1. The molecule has 0 unspecified atom stereocenters. The number of methoxy groups -OCH3 is 1. The predicted molar refractivity (Wildman–Crippen MR) is 131 cm³/mol. The predicted octanol–water partition coefficient (Wildman–Crippen LogP) is 3.86. The largest absolute Gasteiger partial charge is 0.419 e. The van der Waals surface area contributed by atoms with Crippen LogP contribution in [0.5, 0.6) is 0 Å². The summed E-state index contributed by atoms with van der Waals surface area (Å²) in [5, 5.41) is 5.76. The molecule has 13 heteroatoms. The highest BCUT2D eigenvalue weighted by Crippen LogP contribution is 2.30. The number of alkyl halides is 4. The summed E-state index contributed by atoms with van der Waals surface area (Å²) >= 11 is 0. The molecule has 1 aliphatic heterocycles. The zero-order chi connectivity index (χ0) is 26.7. The fourth-order valence-electron chi connectivity index (χ4n) is 4.21. The van der Waals surface area contributed by atoms with Gasteiger partial charge in [-0.15, -0.1) is 0 Å². The SMILES string of the molecule is COC/C=C/C(=O)Nc1cc2nc(N3C[C@H](F)C[C@@H](Nc4ncc(C(F)(F)F)cn4)C3)n(C)c2cc1C. The van der Waals surface area contributed by atoms with E-state index in [0.717, 1.165) is 11.1 Å². The van der Waals surface area contributed by atoms with E-state index in [1.165, 1.54) is 13.2 Å². The molecule has 37 heavy (non-hydrogen) atoms. The second kappa shape index (κ2) is 10.7. The molecule has 2 N–H and O–H groups in total. The van der Waals surface area contributed by atoms with E-state index in [1.54, 1.807) is 17.0 Å². The number of imidazole rings is 1. The number of benzene rings is 1. The molecule has 0 spiro atoms. The lowest BCUT2D eigenvalue weighted by molar-refractivity contribution is -0.138. The number of hydrogen-bond donors (Lipinski definition) is 2. The first kappa shape index (κ1) is 26.3. The van der Waals surface area contributed by atoms with Gasteiger partial charge in [-0.1, -0.05) is 6.08 Å². The van der Waals surface area contributed by atoms with Crippen molar-refractivity contribution in [2.24, 2.45) is 7.05 Å². The van der Waals surface area contributed by atoms with Crippen molar-refractivity contribution >= 4 is 34.5 Å². The lowest BCUT2D eigenvalue weighted by Crippen LogP contribution is -2.48. The van der Waals surface area contributed by atoms with E-state index >= 15 is 0 Å². The topological polar surface area (TPSA) is 97.2 Å². The number of rotatable bonds is 7. The number of carbonyl (C=O) groups is 1. The number of hydrogen-bond acceptors (Lipinski definition) is 7. The number of aromatic nitrogens is 4. The summed E-state index contributed by atoms with van der Waals surface area (Å²) < 4.78 is 59.8.